The quantitative estimate of drug-likeness (QED) is 0.783. The fraction of sp³-hybridized carbons (Fsp3) is 0.188. The second-order valence-electron chi connectivity index (χ2n) is 5.03. The van der Waals surface area contributed by atoms with Crippen LogP contribution in [0.2, 0.25) is 0 Å². The molecule has 0 radical (unpaired) electrons. The Bertz CT molecular complexity index is 735. The van der Waals surface area contributed by atoms with Crippen LogP contribution in [0.3, 0.4) is 0 Å². The zero-order valence-electron chi connectivity index (χ0n) is 12.1. The summed E-state index contributed by atoms with van der Waals surface area (Å²) in [5, 5.41) is 2.96. The van der Waals surface area contributed by atoms with Crippen molar-refractivity contribution in [3.8, 4) is 5.82 Å². The minimum atomic E-state index is -0.136. The van der Waals surface area contributed by atoms with Crippen molar-refractivity contribution in [2.24, 2.45) is 0 Å². The summed E-state index contributed by atoms with van der Waals surface area (Å²) in [6.07, 6.45) is 8.98. The van der Waals surface area contributed by atoms with Gasteiger partial charge in [0.2, 0.25) is 0 Å². The van der Waals surface area contributed by atoms with E-state index in [0.29, 0.717) is 17.8 Å². The number of pyridine rings is 1. The number of rotatable bonds is 5. The zero-order valence-corrected chi connectivity index (χ0v) is 12.1. The minimum absolute atomic E-state index is 0.0245. The molecule has 1 amide bonds. The van der Waals surface area contributed by atoms with Crippen molar-refractivity contribution in [3.63, 3.8) is 0 Å². The van der Waals surface area contributed by atoms with Crippen molar-refractivity contribution in [2.75, 3.05) is 0 Å². The molecule has 0 aliphatic rings. The topological polar surface area (TPSA) is 73.0 Å². The van der Waals surface area contributed by atoms with Crippen molar-refractivity contribution >= 4 is 5.91 Å². The molecule has 0 aromatic carbocycles. The Balaban J connectivity index is 1.68. The van der Waals surface area contributed by atoms with Gasteiger partial charge < -0.3 is 9.73 Å². The number of aromatic nitrogens is 3. The van der Waals surface area contributed by atoms with Crippen LogP contribution in [-0.4, -0.2) is 26.5 Å². The van der Waals surface area contributed by atoms with Crippen molar-refractivity contribution < 1.29 is 9.21 Å². The molecular weight excluding hydrogens is 280 g/mol. The van der Waals surface area contributed by atoms with Crippen LogP contribution in [-0.2, 0) is 6.42 Å². The molecule has 112 valence electrons. The molecule has 3 rings (SSSR count). The lowest BCUT2D eigenvalue weighted by Gasteiger charge is -2.13. The monoisotopic (exact) mass is 296 g/mol. The number of carbonyl (C=O) groups excluding carboxylic acids is 1. The first-order chi connectivity index (χ1) is 10.7. The third kappa shape index (κ3) is 3.22. The maximum Gasteiger partial charge on any atom is 0.251 e. The summed E-state index contributed by atoms with van der Waals surface area (Å²) in [5.41, 5.74) is 0.560. The van der Waals surface area contributed by atoms with Crippen LogP contribution in [0.1, 0.15) is 23.0 Å². The van der Waals surface area contributed by atoms with Gasteiger partial charge in [-0.15, -0.1) is 0 Å². The van der Waals surface area contributed by atoms with Gasteiger partial charge in [-0.1, -0.05) is 0 Å². The highest BCUT2D eigenvalue weighted by atomic mass is 16.3. The van der Waals surface area contributed by atoms with Gasteiger partial charge in [0, 0.05) is 36.6 Å². The number of imidazole rings is 1. The van der Waals surface area contributed by atoms with E-state index in [-0.39, 0.29) is 11.9 Å². The van der Waals surface area contributed by atoms with Gasteiger partial charge in [0.1, 0.15) is 17.9 Å². The van der Waals surface area contributed by atoms with Gasteiger partial charge in [0.05, 0.1) is 6.26 Å². The van der Waals surface area contributed by atoms with E-state index in [1.807, 2.05) is 19.1 Å². The Kier molecular flexibility index (Phi) is 4.00. The van der Waals surface area contributed by atoms with Gasteiger partial charge in [-0.3, -0.25) is 9.36 Å². The summed E-state index contributed by atoms with van der Waals surface area (Å²) in [6.45, 7) is 1.94. The first-order valence-corrected chi connectivity index (χ1v) is 7.00. The largest absolute Gasteiger partial charge is 0.469 e. The van der Waals surface area contributed by atoms with Crippen molar-refractivity contribution in [1.82, 2.24) is 19.9 Å². The molecule has 0 aliphatic carbocycles. The fourth-order valence-corrected chi connectivity index (χ4v) is 2.18. The lowest BCUT2D eigenvalue weighted by Crippen LogP contribution is -2.34. The van der Waals surface area contributed by atoms with Gasteiger partial charge >= 0.3 is 0 Å². The van der Waals surface area contributed by atoms with Gasteiger partial charge in [-0.2, -0.15) is 0 Å². The molecule has 0 saturated carbocycles. The summed E-state index contributed by atoms with van der Waals surface area (Å²) in [4.78, 5) is 20.5. The molecule has 6 nitrogen and oxygen atoms in total. The van der Waals surface area contributed by atoms with Crippen molar-refractivity contribution in [3.05, 3.63) is 66.8 Å². The molecule has 1 N–H and O–H groups in total. The Morgan fingerprint density at radius 1 is 1.41 bits per heavy atom. The molecule has 1 atom stereocenters. The van der Waals surface area contributed by atoms with E-state index in [0.717, 1.165) is 5.76 Å². The summed E-state index contributed by atoms with van der Waals surface area (Å²) >= 11 is 0. The summed E-state index contributed by atoms with van der Waals surface area (Å²) in [5.74, 6) is 1.37. The molecule has 6 heteroatoms. The predicted molar refractivity (Wildman–Crippen MR) is 80.7 cm³/mol. The second kappa shape index (κ2) is 6.26. The predicted octanol–water partition coefficient (Wildman–Crippen LogP) is 2.22. The number of furan rings is 1. The molecule has 0 saturated heterocycles. The number of nitrogens with one attached hydrogen (secondary N) is 1. The highest BCUT2D eigenvalue weighted by molar-refractivity contribution is 5.94. The van der Waals surface area contributed by atoms with Crippen LogP contribution in [0.5, 0.6) is 0 Å². The third-order valence-corrected chi connectivity index (χ3v) is 3.24. The van der Waals surface area contributed by atoms with Gasteiger partial charge in [0.25, 0.3) is 5.91 Å². The first-order valence-electron chi connectivity index (χ1n) is 7.00. The second-order valence-corrected chi connectivity index (χ2v) is 5.03. The van der Waals surface area contributed by atoms with Crippen LogP contribution >= 0.6 is 0 Å². The van der Waals surface area contributed by atoms with Crippen LogP contribution in [0.15, 0.2) is 59.9 Å². The highest BCUT2D eigenvalue weighted by Crippen LogP contribution is 2.08. The maximum absolute atomic E-state index is 12.3. The smallest absolute Gasteiger partial charge is 0.251 e. The third-order valence-electron chi connectivity index (χ3n) is 3.24. The molecule has 0 spiro atoms. The van der Waals surface area contributed by atoms with E-state index < -0.39 is 0 Å². The molecule has 0 unspecified atom stereocenters. The van der Waals surface area contributed by atoms with Crippen LogP contribution in [0.4, 0.5) is 0 Å². The van der Waals surface area contributed by atoms with Crippen LogP contribution < -0.4 is 5.32 Å². The van der Waals surface area contributed by atoms with Crippen LogP contribution in [0, 0.1) is 0 Å². The van der Waals surface area contributed by atoms with E-state index in [1.165, 1.54) is 0 Å². The van der Waals surface area contributed by atoms with E-state index >= 15 is 0 Å². The lowest BCUT2D eigenvalue weighted by molar-refractivity contribution is 0.0939. The fourth-order valence-electron chi connectivity index (χ4n) is 2.18. The van der Waals surface area contributed by atoms with Gasteiger partial charge in [-0.25, -0.2) is 9.97 Å². The molecule has 0 bridgehead atoms. The average Bonchev–Trinajstić information content (AvgIpc) is 3.20. The number of hydrogen-bond acceptors (Lipinski definition) is 4. The number of amides is 1. The maximum atomic E-state index is 12.3. The molecule has 22 heavy (non-hydrogen) atoms. The van der Waals surface area contributed by atoms with E-state index in [4.69, 9.17) is 4.42 Å². The Hall–Kier alpha value is -2.89. The molecule has 3 aromatic rings. The molecule has 0 fully saturated rings. The molecule has 3 aromatic heterocycles. The SMILES string of the molecule is C[C@H](Cc1ccco1)NC(=O)c1ccnc(-n2ccnc2)c1. The summed E-state index contributed by atoms with van der Waals surface area (Å²) in [7, 11) is 0. The van der Waals surface area contributed by atoms with Gasteiger partial charge in [-0.05, 0) is 31.2 Å². The zero-order chi connectivity index (χ0) is 15.4. The number of carbonyl (C=O) groups is 1. The van der Waals surface area contributed by atoms with E-state index in [1.54, 1.807) is 47.9 Å². The van der Waals surface area contributed by atoms with Gasteiger partial charge in [0.15, 0.2) is 0 Å². The number of nitrogens with zero attached hydrogens (tertiary/aromatic N) is 3. The Labute approximate surface area is 127 Å². The first kappa shape index (κ1) is 14.1. The van der Waals surface area contributed by atoms with E-state index in [9.17, 15) is 4.79 Å². The lowest BCUT2D eigenvalue weighted by atomic mass is 10.1. The Morgan fingerprint density at radius 3 is 3.05 bits per heavy atom. The highest BCUT2D eigenvalue weighted by Gasteiger charge is 2.12. The summed E-state index contributed by atoms with van der Waals surface area (Å²) < 4.78 is 7.04. The van der Waals surface area contributed by atoms with E-state index in [2.05, 4.69) is 15.3 Å². The van der Waals surface area contributed by atoms with Crippen molar-refractivity contribution in [1.29, 1.82) is 0 Å². The summed E-state index contributed by atoms with van der Waals surface area (Å²) in [6, 6.07) is 7.13. The standard InChI is InChI=1S/C16H16N4O2/c1-12(9-14-3-2-8-22-14)19-16(21)13-4-5-18-15(10-13)20-7-6-17-11-20/h2-8,10-12H,9H2,1H3,(H,19,21)/t12-/m1/s1. The molecular formula is C16H16N4O2. The average molecular weight is 296 g/mol. The van der Waals surface area contributed by atoms with Crippen molar-refractivity contribution in [2.45, 2.75) is 19.4 Å². The Morgan fingerprint density at radius 2 is 2.32 bits per heavy atom. The molecule has 3 heterocycles. The minimum Gasteiger partial charge on any atom is -0.469 e. The van der Waals surface area contributed by atoms with Crippen LogP contribution in [0.25, 0.3) is 5.82 Å². The number of hydrogen-bond donors (Lipinski definition) is 1. The molecule has 0 aliphatic heterocycles. The normalized spacial score (nSPS) is 12.0.